The molecule has 0 spiro atoms. The molecule has 2 fully saturated rings. The van der Waals surface area contributed by atoms with Crippen LogP contribution in [0.3, 0.4) is 0 Å². The second-order valence-electron chi connectivity index (χ2n) is 7.66. The normalized spacial score (nSPS) is 31.6. The van der Waals surface area contributed by atoms with Gasteiger partial charge in [-0.05, 0) is 85.9 Å². The number of fused-ring (bicyclic) bond motifs is 3. The van der Waals surface area contributed by atoms with Crippen molar-refractivity contribution in [2.24, 2.45) is 17.8 Å². The van der Waals surface area contributed by atoms with Crippen LogP contribution in [0.2, 0.25) is 0 Å². The summed E-state index contributed by atoms with van der Waals surface area (Å²) in [5.41, 5.74) is 4.82. The zero-order valence-electron chi connectivity index (χ0n) is 13.4. The summed E-state index contributed by atoms with van der Waals surface area (Å²) >= 11 is 0. The van der Waals surface area contributed by atoms with E-state index < -0.39 is 0 Å². The average Bonchev–Trinajstić information content (AvgIpc) is 3.22. The fraction of sp³-hybridized carbons (Fsp3) is 0.700. The summed E-state index contributed by atoms with van der Waals surface area (Å²) in [7, 11) is 0. The van der Waals surface area contributed by atoms with Crippen LogP contribution in [0.15, 0.2) is 18.2 Å². The van der Waals surface area contributed by atoms with Gasteiger partial charge >= 0.3 is 0 Å². The SMILES string of the molecule is CCNC(Cc1ccc2c(c1)CCC2)C1CC2CCC1C2. The fourth-order valence-electron chi connectivity index (χ4n) is 5.43. The number of hydrogen-bond acceptors (Lipinski definition) is 1. The van der Waals surface area contributed by atoms with Crippen LogP contribution in [0.1, 0.15) is 55.7 Å². The fourth-order valence-corrected chi connectivity index (χ4v) is 5.43. The Hall–Kier alpha value is -0.820. The Kier molecular flexibility index (Phi) is 3.79. The van der Waals surface area contributed by atoms with Crippen LogP contribution >= 0.6 is 0 Å². The van der Waals surface area contributed by atoms with Crippen molar-refractivity contribution in [2.45, 2.75) is 64.3 Å². The Labute approximate surface area is 129 Å². The summed E-state index contributed by atoms with van der Waals surface area (Å²) in [6.45, 7) is 3.38. The van der Waals surface area contributed by atoms with Crippen LogP contribution < -0.4 is 5.32 Å². The lowest BCUT2D eigenvalue weighted by atomic mass is 9.80. The van der Waals surface area contributed by atoms with Crippen molar-refractivity contribution < 1.29 is 0 Å². The minimum Gasteiger partial charge on any atom is -0.314 e. The third-order valence-electron chi connectivity index (χ3n) is 6.39. The molecule has 4 unspecified atom stereocenters. The van der Waals surface area contributed by atoms with Crippen molar-refractivity contribution in [1.29, 1.82) is 0 Å². The first-order valence-electron chi connectivity index (χ1n) is 9.17. The highest BCUT2D eigenvalue weighted by molar-refractivity contribution is 5.35. The minimum absolute atomic E-state index is 0.713. The maximum atomic E-state index is 3.83. The van der Waals surface area contributed by atoms with Crippen molar-refractivity contribution in [3.05, 3.63) is 34.9 Å². The first-order chi connectivity index (χ1) is 10.3. The van der Waals surface area contributed by atoms with E-state index in [9.17, 15) is 0 Å². The Morgan fingerprint density at radius 3 is 2.81 bits per heavy atom. The lowest BCUT2D eigenvalue weighted by Gasteiger charge is -2.31. The molecule has 114 valence electrons. The van der Waals surface area contributed by atoms with Gasteiger partial charge in [0.15, 0.2) is 0 Å². The number of benzene rings is 1. The lowest BCUT2D eigenvalue weighted by Crippen LogP contribution is -2.40. The van der Waals surface area contributed by atoms with Crippen LogP contribution in [-0.2, 0) is 19.3 Å². The minimum atomic E-state index is 0.713. The highest BCUT2D eigenvalue weighted by atomic mass is 14.9. The maximum absolute atomic E-state index is 3.83. The van der Waals surface area contributed by atoms with Gasteiger partial charge < -0.3 is 5.32 Å². The zero-order chi connectivity index (χ0) is 14.2. The first kappa shape index (κ1) is 13.8. The molecule has 2 bridgehead atoms. The quantitative estimate of drug-likeness (QED) is 0.856. The summed E-state index contributed by atoms with van der Waals surface area (Å²) in [6, 6.07) is 8.04. The van der Waals surface area contributed by atoms with E-state index in [1.165, 1.54) is 51.4 Å². The van der Waals surface area contributed by atoms with Gasteiger partial charge in [0, 0.05) is 6.04 Å². The number of aryl methyl sites for hydroxylation is 2. The number of nitrogens with one attached hydrogen (secondary N) is 1. The Morgan fingerprint density at radius 2 is 2.05 bits per heavy atom. The summed E-state index contributed by atoms with van der Waals surface area (Å²) in [5, 5.41) is 3.83. The molecule has 1 aromatic rings. The van der Waals surface area contributed by atoms with Crippen LogP contribution in [0.25, 0.3) is 0 Å². The molecule has 4 atom stereocenters. The molecule has 1 nitrogen and oxygen atoms in total. The summed E-state index contributed by atoms with van der Waals surface area (Å²) in [4.78, 5) is 0. The van der Waals surface area contributed by atoms with Crippen LogP contribution in [0.4, 0.5) is 0 Å². The second kappa shape index (κ2) is 5.76. The van der Waals surface area contributed by atoms with E-state index >= 15 is 0 Å². The van der Waals surface area contributed by atoms with Crippen molar-refractivity contribution in [1.82, 2.24) is 5.32 Å². The van der Waals surface area contributed by atoms with Gasteiger partial charge in [0.25, 0.3) is 0 Å². The van der Waals surface area contributed by atoms with E-state index in [1.807, 2.05) is 0 Å². The maximum Gasteiger partial charge on any atom is 0.0138 e. The predicted molar refractivity (Wildman–Crippen MR) is 88.6 cm³/mol. The zero-order valence-corrected chi connectivity index (χ0v) is 13.4. The molecule has 0 amide bonds. The van der Waals surface area contributed by atoms with Crippen LogP contribution in [0.5, 0.6) is 0 Å². The molecule has 2 saturated carbocycles. The molecule has 1 aromatic carbocycles. The molecular formula is C20H29N. The third kappa shape index (κ3) is 2.65. The smallest absolute Gasteiger partial charge is 0.0138 e. The van der Waals surface area contributed by atoms with Gasteiger partial charge in [-0.1, -0.05) is 31.5 Å². The summed E-state index contributed by atoms with van der Waals surface area (Å²) in [5.74, 6) is 3.02. The molecule has 0 aromatic heterocycles. The van der Waals surface area contributed by atoms with Gasteiger partial charge in [-0.3, -0.25) is 0 Å². The van der Waals surface area contributed by atoms with E-state index in [-0.39, 0.29) is 0 Å². The van der Waals surface area contributed by atoms with Gasteiger partial charge in [-0.25, -0.2) is 0 Å². The third-order valence-corrected chi connectivity index (χ3v) is 6.39. The molecule has 0 aliphatic heterocycles. The molecule has 3 aliphatic carbocycles. The van der Waals surface area contributed by atoms with E-state index in [1.54, 1.807) is 16.7 Å². The Bertz CT molecular complexity index is 507. The number of rotatable bonds is 5. The summed E-state index contributed by atoms with van der Waals surface area (Å²) in [6.07, 6.45) is 11.3. The molecule has 1 N–H and O–H groups in total. The first-order valence-corrected chi connectivity index (χ1v) is 9.17. The molecule has 4 rings (SSSR count). The molecule has 21 heavy (non-hydrogen) atoms. The Balaban J connectivity index is 1.49. The molecular weight excluding hydrogens is 254 g/mol. The largest absolute Gasteiger partial charge is 0.314 e. The lowest BCUT2D eigenvalue weighted by molar-refractivity contribution is 0.249. The van der Waals surface area contributed by atoms with E-state index in [2.05, 4.69) is 30.4 Å². The van der Waals surface area contributed by atoms with E-state index in [0.717, 1.165) is 24.3 Å². The molecule has 0 saturated heterocycles. The van der Waals surface area contributed by atoms with Gasteiger partial charge in [0.1, 0.15) is 0 Å². The van der Waals surface area contributed by atoms with Gasteiger partial charge in [-0.2, -0.15) is 0 Å². The second-order valence-corrected chi connectivity index (χ2v) is 7.66. The van der Waals surface area contributed by atoms with Crippen molar-refractivity contribution in [3.63, 3.8) is 0 Å². The molecule has 1 heteroatoms. The van der Waals surface area contributed by atoms with Gasteiger partial charge in [0.2, 0.25) is 0 Å². The van der Waals surface area contributed by atoms with Crippen LogP contribution in [0, 0.1) is 17.8 Å². The highest BCUT2D eigenvalue weighted by Gasteiger charge is 2.42. The van der Waals surface area contributed by atoms with Crippen molar-refractivity contribution in [3.8, 4) is 0 Å². The molecule has 0 heterocycles. The van der Waals surface area contributed by atoms with E-state index in [0.29, 0.717) is 6.04 Å². The average molecular weight is 283 g/mol. The van der Waals surface area contributed by atoms with Crippen LogP contribution in [-0.4, -0.2) is 12.6 Å². The number of likely N-dealkylation sites (N-methyl/N-ethyl adjacent to an activating group) is 1. The van der Waals surface area contributed by atoms with Crippen molar-refractivity contribution >= 4 is 0 Å². The highest BCUT2D eigenvalue weighted by Crippen LogP contribution is 2.49. The van der Waals surface area contributed by atoms with Gasteiger partial charge in [0.05, 0.1) is 0 Å². The molecule has 3 aliphatic rings. The predicted octanol–water partition coefficient (Wildman–Crippen LogP) is 4.13. The molecule has 0 radical (unpaired) electrons. The van der Waals surface area contributed by atoms with E-state index in [4.69, 9.17) is 0 Å². The standard InChI is InChI=1S/C20H29N/c1-2-21-20(19-12-14-7-9-18(19)11-14)13-15-6-8-16-4-3-5-17(16)10-15/h6,8,10,14,18-21H,2-5,7,9,11-13H2,1H3. The monoisotopic (exact) mass is 283 g/mol. The Morgan fingerprint density at radius 1 is 1.14 bits per heavy atom. The number of hydrogen-bond donors (Lipinski definition) is 1. The van der Waals surface area contributed by atoms with Crippen molar-refractivity contribution in [2.75, 3.05) is 6.54 Å². The summed E-state index contributed by atoms with van der Waals surface area (Å²) < 4.78 is 0. The topological polar surface area (TPSA) is 12.0 Å². The van der Waals surface area contributed by atoms with Gasteiger partial charge in [-0.15, -0.1) is 0 Å².